The molecule has 1 fully saturated rings. The van der Waals surface area contributed by atoms with E-state index in [4.69, 9.17) is 4.74 Å². The number of pyridine rings is 1. The van der Waals surface area contributed by atoms with Gasteiger partial charge in [-0.3, -0.25) is 10.1 Å². The van der Waals surface area contributed by atoms with E-state index in [-0.39, 0.29) is 11.5 Å². The van der Waals surface area contributed by atoms with Gasteiger partial charge in [-0.05, 0) is 36.8 Å². The minimum atomic E-state index is -0.499. The zero-order valence-corrected chi connectivity index (χ0v) is 15.8. The van der Waals surface area contributed by atoms with Crippen molar-refractivity contribution in [3.05, 3.63) is 46.5 Å². The van der Waals surface area contributed by atoms with Crippen LogP contribution in [0.4, 0.5) is 28.7 Å². The minimum Gasteiger partial charge on any atom is -0.391 e. The molecular weight excluding hydrogens is 362 g/mol. The Morgan fingerprint density at radius 2 is 1.96 bits per heavy atom. The molecule has 150 valence electrons. The van der Waals surface area contributed by atoms with Crippen LogP contribution in [0, 0.1) is 10.1 Å². The SMILES string of the molecule is CCC(O)CNc1ccc([N+](=O)[O-])c(Nc2ccc(N3CCOCC3)cc2)n1. The van der Waals surface area contributed by atoms with Gasteiger partial charge in [-0.25, -0.2) is 4.98 Å². The van der Waals surface area contributed by atoms with Crippen LogP contribution in [-0.4, -0.2) is 54.0 Å². The standard InChI is InChI=1S/C19H25N5O4/c1-2-16(25)13-20-18-8-7-17(24(26)27)19(22-18)21-14-3-5-15(6-4-14)23-9-11-28-12-10-23/h3-8,16,25H,2,9-13H2,1H3,(H2,20,21,22). The molecule has 3 rings (SSSR count). The summed E-state index contributed by atoms with van der Waals surface area (Å²) >= 11 is 0. The van der Waals surface area contributed by atoms with Crippen LogP contribution in [0.3, 0.4) is 0 Å². The third-order valence-electron chi connectivity index (χ3n) is 4.57. The normalized spacial score (nSPS) is 15.1. The van der Waals surface area contributed by atoms with Gasteiger partial charge in [0.2, 0.25) is 5.82 Å². The molecule has 0 bridgehead atoms. The number of rotatable bonds is 8. The Morgan fingerprint density at radius 1 is 1.25 bits per heavy atom. The highest BCUT2D eigenvalue weighted by molar-refractivity contribution is 5.69. The van der Waals surface area contributed by atoms with Gasteiger partial charge in [0.25, 0.3) is 0 Å². The summed E-state index contributed by atoms with van der Waals surface area (Å²) in [5, 5.41) is 27.0. The molecule has 2 aromatic rings. The van der Waals surface area contributed by atoms with Crippen molar-refractivity contribution in [2.24, 2.45) is 0 Å². The van der Waals surface area contributed by atoms with Gasteiger partial charge in [0.1, 0.15) is 5.82 Å². The number of anilines is 4. The quantitative estimate of drug-likeness (QED) is 0.468. The van der Waals surface area contributed by atoms with E-state index in [9.17, 15) is 15.2 Å². The van der Waals surface area contributed by atoms with Crippen molar-refractivity contribution in [1.29, 1.82) is 0 Å². The molecule has 1 aliphatic heterocycles. The van der Waals surface area contributed by atoms with Gasteiger partial charge in [-0.15, -0.1) is 0 Å². The molecule has 2 heterocycles. The van der Waals surface area contributed by atoms with Gasteiger partial charge < -0.3 is 25.4 Å². The number of benzene rings is 1. The summed E-state index contributed by atoms with van der Waals surface area (Å²) in [6.45, 7) is 5.32. The van der Waals surface area contributed by atoms with Crippen molar-refractivity contribution < 1.29 is 14.8 Å². The molecule has 1 atom stereocenters. The molecule has 0 amide bonds. The molecule has 0 aliphatic carbocycles. The largest absolute Gasteiger partial charge is 0.391 e. The first-order valence-electron chi connectivity index (χ1n) is 9.34. The van der Waals surface area contributed by atoms with Crippen LogP contribution in [0.1, 0.15) is 13.3 Å². The molecular formula is C19H25N5O4. The maximum atomic E-state index is 11.3. The lowest BCUT2D eigenvalue weighted by Crippen LogP contribution is -2.36. The topological polar surface area (TPSA) is 113 Å². The highest BCUT2D eigenvalue weighted by Gasteiger charge is 2.17. The summed E-state index contributed by atoms with van der Waals surface area (Å²) in [6, 6.07) is 10.6. The van der Waals surface area contributed by atoms with Gasteiger partial charge in [0.15, 0.2) is 0 Å². The lowest BCUT2D eigenvalue weighted by Gasteiger charge is -2.28. The lowest BCUT2D eigenvalue weighted by atomic mass is 10.2. The smallest absolute Gasteiger partial charge is 0.311 e. The monoisotopic (exact) mass is 387 g/mol. The number of nitro groups is 1. The highest BCUT2D eigenvalue weighted by Crippen LogP contribution is 2.28. The Kier molecular flexibility index (Phi) is 6.62. The van der Waals surface area contributed by atoms with Crippen LogP contribution >= 0.6 is 0 Å². The van der Waals surface area contributed by atoms with Gasteiger partial charge in [0, 0.05) is 37.1 Å². The molecule has 0 saturated carbocycles. The van der Waals surface area contributed by atoms with Gasteiger partial charge in [-0.2, -0.15) is 0 Å². The van der Waals surface area contributed by atoms with Gasteiger partial charge >= 0.3 is 5.69 Å². The fourth-order valence-electron chi connectivity index (χ4n) is 2.87. The fourth-order valence-corrected chi connectivity index (χ4v) is 2.87. The second kappa shape index (κ2) is 9.34. The van der Waals surface area contributed by atoms with E-state index >= 15 is 0 Å². The van der Waals surface area contributed by atoms with Gasteiger partial charge in [-0.1, -0.05) is 6.92 Å². The van der Waals surface area contributed by atoms with E-state index < -0.39 is 11.0 Å². The molecule has 9 nitrogen and oxygen atoms in total. The molecule has 28 heavy (non-hydrogen) atoms. The van der Waals surface area contributed by atoms with E-state index in [1.54, 1.807) is 0 Å². The number of hydrogen-bond acceptors (Lipinski definition) is 8. The van der Waals surface area contributed by atoms with Crippen LogP contribution in [0.15, 0.2) is 36.4 Å². The molecule has 1 unspecified atom stereocenters. The maximum Gasteiger partial charge on any atom is 0.311 e. The number of nitrogens with one attached hydrogen (secondary N) is 2. The van der Waals surface area contributed by atoms with Crippen molar-refractivity contribution in [3.63, 3.8) is 0 Å². The lowest BCUT2D eigenvalue weighted by molar-refractivity contribution is -0.384. The zero-order chi connectivity index (χ0) is 19.9. The Morgan fingerprint density at radius 3 is 2.61 bits per heavy atom. The van der Waals surface area contributed by atoms with Crippen LogP contribution in [0.5, 0.6) is 0 Å². The average molecular weight is 387 g/mol. The molecule has 1 aromatic heterocycles. The summed E-state index contributed by atoms with van der Waals surface area (Å²) in [4.78, 5) is 17.4. The highest BCUT2D eigenvalue weighted by atomic mass is 16.6. The summed E-state index contributed by atoms with van der Waals surface area (Å²) < 4.78 is 5.36. The van der Waals surface area contributed by atoms with E-state index in [2.05, 4.69) is 20.5 Å². The molecule has 1 aliphatic rings. The fraction of sp³-hybridized carbons (Fsp3) is 0.421. The first-order valence-corrected chi connectivity index (χ1v) is 9.34. The number of aliphatic hydroxyl groups is 1. The molecule has 0 radical (unpaired) electrons. The zero-order valence-electron chi connectivity index (χ0n) is 15.8. The van der Waals surface area contributed by atoms with Gasteiger partial charge in [0.05, 0.1) is 24.2 Å². The number of aromatic nitrogens is 1. The van der Waals surface area contributed by atoms with Crippen LogP contribution in [0.25, 0.3) is 0 Å². The maximum absolute atomic E-state index is 11.3. The number of ether oxygens (including phenoxy) is 1. The second-order valence-corrected chi connectivity index (χ2v) is 6.54. The summed E-state index contributed by atoms with van der Waals surface area (Å²) in [5.74, 6) is 0.616. The van der Waals surface area contributed by atoms with Crippen molar-refractivity contribution in [1.82, 2.24) is 4.98 Å². The minimum absolute atomic E-state index is 0.112. The number of morpholine rings is 1. The van der Waals surface area contributed by atoms with E-state index in [1.807, 2.05) is 31.2 Å². The number of aliphatic hydroxyl groups excluding tert-OH is 1. The summed E-state index contributed by atoms with van der Waals surface area (Å²) in [5.41, 5.74) is 1.68. The Bertz CT molecular complexity index is 793. The van der Waals surface area contributed by atoms with Crippen LogP contribution in [-0.2, 0) is 4.74 Å². The van der Waals surface area contributed by atoms with Crippen LogP contribution in [0.2, 0.25) is 0 Å². The molecule has 1 saturated heterocycles. The van der Waals surface area contributed by atoms with Crippen molar-refractivity contribution >= 4 is 28.7 Å². The molecule has 0 spiro atoms. The molecule has 1 aromatic carbocycles. The predicted octanol–water partition coefficient (Wildman–Crippen LogP) is 2.75. The van der Waals surface area contributed by atoms with Crippen molar-refractivity contribution in [3.8, 4) is 0 Å². The third-order valence-corrected chi connectivity index (χ3v) is 4.57. The predicted molar refractivity (Wildman–Crippen MR) is 108 cm³/mol. The first kappa shape index (κ1) is 19.8. The van der Waals surface area contributed by atoms with E-state index in [0.29, 0.717) is 37.7 Å². The van der Waals surface area contributed by atoms with Crippen LogP contribution < -0.4 is 15.5 Å². The first-order chi connectivity index (χ1) is 13.6. The Balaban J connectivity index is 1.74. The number of hydrogen-bond donors (Lipinski definition) is 3. The van der Waals surface area contributed by atoms with E-state index in [1.165, 1.54) is 12.1 Å². The molecule has 9 heteroatoms. The van der Waals surface area contributed by atoms with Crippen molar-refractivity contribution in [2.45, 2.75) is 19.4 Å². The number of nitrogens with zero attached hydrogens (tertiary/aromatic N) is 3. The average Bonchev–Trinajstić information content (AvgIpc) is 2.73. The Labute approximate surface area is 163 Å². The van der Waals surface area contributed by atoms with E-state index in [0.717, 1.165) is 18.8 Å². The summed E-state index contributed by atoms with van der Waals surface area (Å²) in [6.07, 6.45) is 0.113. The Hall–Kier alpha value is -2.91. The second-order valence-electron chi connectivity index (χ2n) is 6.54. The summed E-state index contributed by atoms with van der Waals surface area (Å²) in [7, 11) is 0. The third kappa shape index (κ3) is 5.08. The van der Waals surface area contributed by atoms with Crippen molar-refractivity contribution in [2.75, 3.05) is 48.4 Å². The molecule has 3 N–H and O–H groups in total.